The van der Waals surface area contributed by atoms with E-state index in [9.17, 15) is 18.0 Å². The van der Waals surface area contributed by atoms with E-state index in [-0.39, 0.29) is 5.91 Å². The van der Waals surface area contributed by atoms with E-state index in [1.807, 2.05) is 37.2 Å². The van der Waals surface area contributed by atoms with E-state index in [4.69, 9.17) is 9.73 Å². The topological polar surface area (TPSA) is 134 Å². The smallest absolute Gasteiger partial charge is 0.337 e. The first-order valence-corrected chi connectivity index (χ1v) is 15.0. The molecule has 1 amide bonds. The summed E-state index contributed by atoms with van der Waals surface area (Å²) in [5.74, 6) is -1.59. The van der Waals surface area contributed by atoms with Crippen molar-refractivity contribution in [3.05, 3.63) is 89.7 Å². The minimum atomic E-state index is -3.51. The third-order valence-corrected chi connectivity index (χ3v) is 8.08. The lowest BCUT2D eigenvalue weighted by atomic mass is 9.90. The van der Waals surface area contributed by atoms with E-state index < -0.39 is 21.9 Å². The van der Waals surface area contributed by atoms with Gasteiger partial charge in [0.25, 0.3) is 0 Å². The number of carbonyl (C=O) groups is 2. The molecule has 0 spiro atoms. The lowest BCUT2D eigenvalue weighted by molar-refractivity contribution is -0.115. The summed E-state index contributed by atoms with van der Waals surface area (Å²) in [6.07, 6.45) is 4.38. The summed E-state index contributed by atoms with van der Waals surface area (Å²) in [6, 6.07) is 17.2. The van der Waals surface area contributed by atoms with Gasteiger partial charge in [-0.2, -0.15) is 0 Å². The standard InChI is InChI=1S/C30H30N6O5S/c1-35(2)15-16-36(42(4,39)40)22-9-7-21(8-10-22)33-28(19-6-12-24-26(17-19)32-14-13-31-24)27-23-11-5-20(30(38)41-3)18-25(23)34-29(27)37/h5-14,17-18,27H,15-16H2,1-4H3,(H,34,37). The molecule has 5 rings (SSSR count). The second kappa shape index (κ2) is 11.7. The third-order valence-electron chi connectivity index (χ3n) is 6.88. The van der Waals surface area contributed by atoms with Gasteiger partial charge < -0.3 is 15.0 Å². The highest BCUT2D eigenvalue weighted by atomic mass is 32.2. The molecule has 0 saturated heterocycles. The number of anilines is 2. The molecule has 12 heteroatoms. The molecule has 11 nitrogen and oxygen atoms in total. The lowest BCUT2D eigenvalue weighted by Gasteiger charge is -2.24. The number of nitrogens with zero attached hydrogens (tertiary/aromatic N) is 5. The number of fused-ring (bicyclic) bond motifs is 2. The van der Waals surface area contributed by atoms with Crippen LogP contribution in [0.25, 0.3) is 11.0 Å². The second-order valence-electron chi connectivity index (χ2n) is 10.1. The maximum atomic E-state index is 13.4. The molecule has 0 bridgehead atoms. The monoisotopic (exact) mass is 586 g/mol. The number of aliphatic imine (C=N–C) groups is 1. The minimum Gasteiger partial charge on any atom is -0.465 e. The highest BCUT2D eigenvalue weighted by molar-refractivity contribution is 7.92. The van der Waals surface area contributed by atoms with Gasteiger partial charge in [0, 0.05) is 31.2 Å². The number of benzene rings is 3. The highest BCUT2D eigenvalue weighted by Gasteiger charge is 2.36. The van der Waals surface area contributed by atoms with Gasteiger partial charge in [-0.3, -0.25) is 24.1 Å². The Morgan fingerprint density at radius 3 is 2.31 bits per heavy atom. The number of ether oxygens (including phenoxy) is 1. The maximum Gasteiger partial charge on any atom is 0.337 e. The fourth-order valence-corrected chi connectivity index (χ4v) is 5.72. The van der Waals surface area contributed by atoms with Gasteiger partial charge >= 0.3 is 5.97 Å². The van der Waals surface area contributed by atoms with Crippen LogP contribution in [0.1, 0.15) is 27.4 Å². The second-order valence-corrected chi connectivity index (χ2v) is 12.0. The predicted molar refractivity (Wildman–Crippen MR) is 162 cm³/mol. The summed E-state index contributed by atoms with van der Waals surface area (Å²) in [7, 11) is 1.55. The molecule has 3 aromatic carbocycles. The van der Waals surface area contributed by atoms with Crippen LogP contribution in [-0.4, -0.2) is 81.4 Å². The number of rotatable bonds is 9. The number of hydrogen-bond donors (Lipinski definition) is 1. The number of likely N-dealkylation sites (N-methyl/N-ethyl adjacent to an activating group) is 1. The molecule has 216 valence electrons. The Hall–Kier alpha value is -4.68. The van der Waals surface area contributed by atoms with E-state index in [0.29, 0.717) is 63.6 Å². The van der Waals surface area contributed by atoms with E-state index >= 15 is 0 Å². The quantitative estimate of drug-likeness (QED) is 0.232. The van der Waals surface area contributed by atoms with Crippen molar-refractivity contribution in [3.63, 3.8) is 0 Å². The van der Waals surface area contributed by atoms with Gasteiger partial charge in [-0.05, 0) is 73.8 Å². The summed E-state index contributed by atoms with van der Waals surface area (Å²) in [5, 5.41) is 2.87. The van der Waals surface area contributed by atoms with Crippen molar-refractivity contribution in [2.24, 2.45) is 4.99 Å². The molecule has 42 heavy (non-hydrogen) atoms. The number of methoxy groups -OCH3 is 1. The highest BCUT2D eigenvalue weighted by Crippen LogP contribution is 2.37. The molecule has 0 fully saturated rings. The average Bonchev–Trinajstić information content (AvgIpc) is 3.29. The zero-order valence-electron chi connectivity index (χ0n) is 23.6. The zero-order chi connectivity index (χ0) is 30.0. The van der Waals surface area contributed by atoms with Crippen LogP contribution in [0, 0.1) is 0 Å². The van der Waals surface area contributed by atoms with E-state index in [1.165, 1.54) is 17.7 Å². The predicted octanol–water partition coefficient (Wildman–Crippen LogP) is 3.60. The van der Waals surface area contributed by atoms with E-state index in [1.54, 1.807) is 54.9 Å². The van der Waals surface area contributed by atoms with Gasteiger partial charge in [0.1, 0.15) is 5.92 Å². The van der Waals surface area contributed by atoms with E-state index in [0.717, 1.165) is 0 Å². The Kier molecular flexibility index (Phi) is 8.01. The van der Waals surface area contributed by atoms with Gasteiger partial charge in [0.05, 0.1) is 47.0 Å². The van der Waals surface area contributed by atoms with Gasteiger partial charge in [-0.25, -0.2) is 13.2 Å². The van der Waals surface area contributed by atoms with Crippen molar-refractivity contribution in [1.82, 2.24) is 14.9 Å². The van der Waals surface area contributed by atoms with Crippen LogP contribution >= 0.6 is 0 Å². The summed E-state index contributed by atoms with van der Waals surface area (Å²) in [4.78, 5) is 41.1. The Morgan fingerprint density at radius 1 is 0.952 bits per heavy atom. The van der Waals surface area contributed by atoms with Crippen LogP contribution in [0.2, 0.25) is 0 Å². The van der Waals surface area contributed by atoms with Crippen molar-refractivity contribution in [2.75, 3.05) is 50.2 Å². The van der Waals surface area contributed by atoms with Crippen LogP contribution in [0.4, 0.5) is 17.1 Å². The number of nitrogens with one attached hydrogen (secondary N) is 1. The molecule has 2 heterocycles. The number of amides is 1. The maximum absolute atomic E-state index is 13.4. The SMILES string of the molecule is COC(=O)c1ccc2c(c1)NC(=O)C2C(=Nc1ccc(N(CCN(C)C)S(C)(=O)=O)cc1)c1ccc2nccnc2c1. The number of esters is 1. The Bertz CT molecular complexity index is 1800. The fourth-order valence-electron chi connectivity index (χ4n) is 4.81. The molecule has 1 aliphatic heterocycles. The zero-order valence-corrected chi connectivity index (χ0v) is 24.4. The molecular formula is C30H30N6O5S. The normalized spacial score (nSPS) is 15.0. The number of hydrogen-bond acceptors (Lipinski definition) is 9. The van der Waals surface area contributed by atoms with Crippen molar-refractivity contribution in [1.29, 1.82) is 0 Å². The minimum absolute atomic E-state index is 0.296. The van der Waals surface area contributed by atoms with Crippen LogP contribution in [0.15, 0.2) is 78.0 Å². The van der Waals surface area contributed by atoms with Crippen LogP contribution in [-0.2, 0) is 19.6 Å². The summed E-state index contributed by atoms with van der Waals surface area (Å²) in [5.41, 5.74) is 4.99. The molecule has 0 aliphatic carbocycles. The molecule has 0 saturated carbocycles. The van der Waals surface area contributed by atoms with Crippen LogP contribution in [0.5, 0.6) is 0 Å². The van der Waals surface area contributed by atoms with Gasteiger partial charge in [-0.15, -0.1) is 0 Å². The molecule has 4 aromatic rings. The number of carbonyl (C=O) groups excluding carboxylic acids is 2. The van der Waals surface area contributed by atoms with Crippen LogP contribution < -0.4 is 9.62 Å². The molecule has 1 unspecified atom stereocenters. The summed E-state index contributed by atoms with van der Waals surface area (Å²) < 4.78 is 31.2. The van der Waals surface area contributed by atoms with Crippen molar-refractivity contribution in [3.8, 4) is 0 Å². The van der Waals surface area contributed by atoms with Crippen molar-refractivity contribution < 1.29 is 22.7 Å². The first-order chi connectivity index (χ1) is 20.0. The Labute approximate surface area is 243 Å². The third kappa shape index (κ3) is 5.99. The Morgan fingerprint density at radius 2 is 1.64 bits per heavy atom. The fraction of sp³-hybridized carbons (Fsp3) is 0.233. The molecule has 1 N–H and O–H groups in total. The largest absolute Gasteiger partial charge is 0.465 e. The van der Waals surface area contributed by atoms with Crippen LogP contribution in [0.3, 0.4) is 0 Å². The first-order valence-electron chi connectivity index (χ1n) is 13.1. The molecule has 1 aliphatic rings. The molecule has 1 atom stereocenters. The average molecular weight is 587 g/mol. The number of aromatic nitrogens is 2. The lowest BCUT2D eigenvalue weighted by Crippen LogP contribution is -2.35. The number of sulfonamides is 1. The van der Waals surface area contributed by atoms with Crippen molar-refractivity contribution >= 4 is 55.7 Å². The summed E-state index contributed by atoms with van der Waals surface area (Å²) in [6.45, 7) is 0.848. The first kappa shape index (κ1) is 28.8. The molecule has 1 aromatic heterocycles. The Balaban J connectivity index is 1.59. The molecule has 0 radical (unpaired) electrons. The van der Waals surface area contributed by atoms with Gasteiger partial charge in [0.15, 0.2) is 0 Å². The van der Waals surface area contributed by atoms with Gasteiger partial charge in [0.2, 0.25) is 15.9 Å². The van der Waals surface area contributed by atoms with Gasteiger partial charge in [-0.1, -0.05) is 12.1 Å². The van der Waals surface area contributed by atoms with Crippen molar-refractivity contribution in [2.45, 2.75) is 5.92 Å². The van der Waals surface area contributed by atoms with E-state index in [2.05, 4.69) is 15.3 Å². The molecular weight excluding hydrogens is 556 g/mol. The summed E-state index contributed by atoms with van der Waals surface area (Å²) >= 11 is 0.